The lowest BCUT2D eigenvalue weighted by Gasteiger charge is -2.14. The van der Waals surface area contributed by atoms with Gasteiger partial charge >= 0.3 is 0 Å². The number of rotatable bonds is 18. The third-order valence-electron chi connectivity index (χ3n) is 15.9. The van der Waals surface area contributed by atoms with E-state index in [2.05, 4.69) is 66.7 Å². The second-order valence-corrected chi connectivity index (χ2v) is 24.9. The van der Waals surface area contributed by atoms with Crippen molar-refractivity contribution < 1.29 is 37.5 Å². The number of benzene rings is 6. The zero-order chi connectivity index (χ0) is 68.9. The monoisotopic (exact) mass is 1400 g/mol. The van der Waals surface area contributed by atoms with Gasteiger partial charge in [0.1, 0.15) is 46.6 Å². The predicted molar refractivity (Wildman–Crippen MR) is 379 cm³/mol. The van der Waals surface area contributed by atoms with Gasteiger partial charge in [0.15, 0.2) is 17.3 Å². The minimum atomic E-state index is -0.607. The van der Waals surface area contributed by atoms with Crippen LogP contribution in [0.15, 0.2) is 196 Å². The maximum absolute atomic E-state index is 14.8. The van der Waals surface area contributed by atoms with Crippen LogP contribution in [-0.4, -0.2) is 143 Å². The summed E-state index contributed by atoms with van der Waals surface area (Å²) in [6.45, 7) is 8.35. The summed E-state index contributed by atoms with van der Waals surface area (Å²) in [6, 6.07) is 43.9. The van der Waals surface area contributed by atoms with Crippen LogP contribution in [0.4, 0.5) is 26.2 Å². The van der Waals surface area contributed by atoms with Crippen molar-refractivity contribution >= 4 is 109 Å². The summed E-state index contributed by atoms with van der Waals surface area (Å²) in [5.41, 5.74) is 7.42. The van der Waals surface area contributed by atoms with Crippen LogP contribution in [0, 0.1) is 25.5 Å². The number of pyridine rings is 3. The van der Waals surface area contributed by atoms with Crippen molar-refractivity contribution in [3.63, 3.8) is 0 Å². The number of ketones is 3. The molecule has 3 aliphatic heterocycles. The van der Waals surface area contributed by atoms with Crippen molar-refractivity contribution in [3.05, 3.63) is 280 Å². The Morgan fingerprint density at radius 2 is 0.825 bits per heavy atom. The van der Waals surface area contributed by atoms with Gasteiger partial charge in [-0.25, -0.2) is 23.7 Å². The summed E-state index contributed by atoms with van der Waals surface area (Å²) in [6.07, 6.45) is 4.38. The van der Waals surface area contributed by atoms with E-state index in [0.29, 0.717) is 102 Å². The number of carbonyl (C=O) groups is 6. The molecular formula is C74H65BrCl2F2N12O6. The Bertz CT molecular complexity index is 4580. The Morgan fingerprint density at radius 3 is 1.23 bits per heavy atom. The van der Waals surface area contributed by atoms with Crippen LogP contribution < -0.4 is 16.0 Å². The second kappa shape index (κ2) is 31.8. The lowest BCUT2D eigenvalue weighted by atomic mass is 9.96. The average molecular weight is 1410 g/mol. The Morgan fingerprint density at radius 1 is 0.433 bits per heavy atom. The summed E-state index contributed by atoms with van der Waals surface area (Å²) in [5.74, 6) is 0.297. The van der Waals surface area contributed by atoms with Crippen molar-refractivity contribution in [1.82, 2.24) is 29.7 Å². The molecule has 3 N–H and O–H groups in total. The molecule has 0 bridgehead atoms. The molecule has 9 aromatic rings. The highest BCUT2D eigenvalue weighted by molar-refractivity contribution is 9.10. The summed E-state index contributed by atoms with van der Waals surface area (Å²) in [7, 11) is 5.80. The average Bonchev–Trinajstić information content (AvgIpc) is 1.35. The Labute approximate surface area is 577 Å². The molecule has 0 spiro atoms. The quantitative estimate of drug-likeness (QED) is 0.0682. The van der Waals surface area contributed by atoms with Gasteiger partial charge in [0.2, 0.25) is 0 Å². The zero-order valence-electron chi connectivity index (χ0n) is 53.5. The molecule has 12 rings (SSSR count). The molecule has 492 valence electrons. The van der Waals surface area contributed by atoms with Crippen LogP contribution >= 0.6 is 39.1 Å². The van der Waals surface area contributed by atoms with E-state index in [4.69, 9.17) is 23.2 Å². The van der Waals surface area contributed by atoms with E-state index >= 15 is 0 Å². The van der Waals surface area contributed by atoms with Gasteiger partial charge in [-0.15, -0.1) is 0 Å². The fraction of sp³-hybridized carbons (Fsp3) is 0.189. The number of carbonyl (C=O) groups excluding carboxylic acids is 6. The van der Waals surface area contributed by atoms with Gasteiger partial charge < -0.3 is 30.7 Å². The number of hydrogen-bond acceptors (Lipinski definition) is 15. The number of aromatic nitrogens is 3. The molecule has 3 aromatic heterocycles. The maximum Gasteiger partial charge on any atom is 0.257 e. The van der Waals surface area contributed by atoms with Gasteiger partial charge in [-0.1, -0.05) is 113 Å². The zero-order valence-corrected chi connectivity index (χ0v) is 56.6. The summed E-state index contributed by atoms with van der Waals surface area (Å²) >= 11 is 15.0. The maximum atomic E-state index is 14.8. The van der Waals surface area contributed by atoms with E-state index in [9.17, 15) is 37.5 Å². The van der Waals surface area contributed by atoms with E-state index in [1.54, 1.807) is 97.2 Å². The van der Waals surface area contributed by atoms with Crippen molar-refractivity contribution in [2.24, 2.45) is 15.0 Å². The van der Waals surface area contributed by atoms with Crippen molar-refractivity contribution in [2.75, 3.05) is 76.4 Å². The number of nitrogens with zero attached hydrogens (tertiary/aromatic N) is 9. The van der Waals surface area contributed by atoms with Gasteiger partial charge in [0.05, 0.1) is 40.8 Å². The third kappa shape index (κ3) is 17.9. The number of amides is 3. The molecule has 0 unspecified atom stereocenters. The van der Waals surface area contributed by atoms with Crippen LogP contribution in [-0.2, 0) is 19.3 Å². The molecule has 6 heterocycles. The first-order valence-corrected chi connectivity index (χ1v) is 32.3. The first-order chi connectivity index (χ1) is 46.6. The lowest BCUT2D eigenvalue weighted by Crippen LogP contribution is -2.23. The standard InChI is InChI=1S/C25H22ClFN4O2.C25H23ClN4O2.C24H20BrFN4O2/c1-15-3-4-16(20(11-15)25(33)30-23-8-6-18(26)14-29-23)13-22(32)19-7-5-17(12-21(19)27)24-28-9-10-31(24)2;1-16-3-4-19(21(13-16)25(32)29-23-10-9-20(26)15-28-23)14-22(31)17-5-7-18(8-6-17)24-27-11-12-30(24)2;1-30-11-10-27-23(30)16-6-8-19(20(26)12-16)21(31)13-15-4-2-3-5-18(15)24(32)29-22-9-7-17(25)14-28-22/h3-8,11-12,14H,9-10,13H2,1-2H3,(H,29,30,33);3-10,13,15H,11-12,14H2,1-2H3,(H,28,29,32);2-9,12,14H,10-11,13H2,1H3,(H,28,29,32). The minimum absolute atomic E-state index is 0.0141. The van der Waals surface area contributed by atoms with E-state index in [1.807, 2.05) is 87.3 Å². The number of halogens is 5. The highest BCUT2D eigenvalue weighted by Crippen LogP contribution is 2.25. The second-order valence-electron chi connectivity index (χ2n) is 23.1. The fourth-order valence-corrected chi connectivity index (χ4v) is 11.3. The molecule has 23 heteroatoms. The highest BCUT2D eigenvalue weighted by atomic mass is 79.9. The summed E-state index contributed by atoms with van der Waals surface area (Å²) < 4.78 is 30.4. The molecule has 0 aliphatic carbocycles. The number of aryl methyl sites for hydroxylation is 2. The van der Waals surface area contributed by atoms with Crippen molar-refractivity contribution in [2.45, 2.75) is 33.1 Å². The number of anilines is 3. The number of nitrogens with one attached hydrogen (secondary N) is 3. The number of hydrogen-bond donors (Lipinski definition) is 3. The number of likely N-dealkylation sites (N-methyl/N-ethyl adjacent to an activating group) is 3. The third-order valence-corrected chi connectivity index (χ3v) is 16.9. The van der Waals surface area contributed by atoms with E-state index in [-0.39, 0.29) is 48.0 Å². The van der Waals surface area contributed by atoms with Gasteiger partial charge in [0.25, 0.3) is 17.7 Å². The normalized spacial score (nSPS) is 13.1. The van der Waals surface area contributed by atoms with Crippen LogP contribution in [0.3, 0.4) is 0 Å². The van der Waals surface area contributed by atoms with E-state index < -0.39 is 29.1 Å². The van der Waals surface area contributed by atoms with Crippen LogP contribution in [0.25, 0.3) is 0 Å². The van der Waals surface area contributed by atoms with Crippen LogP contribution in [0.2, 0.25) is 10.0 Å². The first kappa shape index (κ1) is 69.4. The SMILES string of the molecule is CN1CCN=C1c1ccc(C(=O)Cc2ccccc2C(=O)Nc2ccc(Br)cn2)c(F)c1.Cc1ccc(CC(=O)c2ccc(C3=NCCN3C)cc2)c(C(=O)Nc2ccc(Cl)cn2)c1.Cc1ccc(CC(=O)c2ccc(C3=NCCN3C)cc2F)c(C(=O)Nc2ccc(Cl)cn2)c1. The van der Waals surface area contributed by atoms with Crippen LogP contribution in [0.1, 0.15) is 107 Å². The molecular weight excluding hydrogens is 1340 g/mol. The van der Waals surface area contributed by atoms with Gasteiger partial charge in [-0.3, -0.25) is 43.7 Å². The Balaban J connectivity index is 0.000000158. The van der Waals surface area contributed by atoms with Gasteiger partial charge in [0, 0.05) is 122 Å². The highest BCUT2D eigenvalue weighted by Gasteiger charge is 2.25. The van der Waals surface area contributed by atoms with Gasteiger partial charge in [-0.2, -0.15) is 0 Å². The van der Waals surface area contributed by atoms with Crippen LogP contribution in [0.5, 0.6) is 0 Å². The molecule has 0 saturated carbocycles. The molecule has 18 nitrogen and oxygen atoms in total. The molecule has 3 aliphatic rings. The molecule has 0 atom stereocenters. The summed E-state index contributed by atoms with van der Waals surface area (Å²) in [4.78, 5) is 109. The predicted octanol–water partition coefficient (Wildman–Crippen LogP) is 13.3. The molecule has 0 radical (unpaired) electrons. The Kier molecular flexibility index (Phi) is 22.8. The first-order valence-electron chi connectivity index (χ1n) is 30.8. The largest absolute Gasteiger partial charge is 0.358 e. The number of Topliss-reactive ketones (excluding diaryl/α,β-unsaturated/α-hetero) is 3. The molecule has 0 fully saturated rings. The molecule has 97 heavy (non-hydrogen) atoms. The number of amidine groups is 3. The van der Waals surface area contributed by atoms with E-state index in [0.717, 1.165) is 53.2 Å². The molecule has 3 amide bonds. The Hall–Kier alpha value is -10.5. The lowest BCUT2D eigenvalue weighted by molar-refractivity contribution is 0.0976. The smallest absolute Gasteiger partial charge is 0.257 e. The molecule has 0 saturated heterocycles. The number of aliphatic imine (C=N–C) groups is 3. The van der Waals surface area contributed by atoms with E-state index in [1.165, 1.54) is 36.7 Å². The summed E-state index contributed by atoms with van der Waals surface area (Å²) in [5, 5.41) is 9.14. The van der Waals surface area contributed by atoms with Crippen molar-refractivity contribution in [3.8, 4) is 0 Å². The van der Waals surface area contributed by atoms with Crippen molar-refractivity contribution in [1.29, 1.82) is 0 Å². The minimum Gasteiger partial charge on any atom is -0.358 e. The van der Waals surface area contributed by atoms with Gasteiger partial charge in [-0.05, 0) is 125 Å². The molecule has 6 aromatic carbocycles. The fourth-order valence-electron chi connectivity index (χ4n) is 10.8. The topological polar surface area (TPSA) is 224 Å².